The Balaban J connectivity index is 1.60. The summed E-state index contributed by atoms with van der Waals surface area (Å²) in [4.78, 5) is 18.2. The molecular weight excluding hydrogens is 362 g/mol. The lowest BCUT2D eigenvalue weighted by atomic mass is 9.73. The summed E-state index contributed by atoms with van der Waals surface area (Å²) in [5.74, 6) is 1.46. The molecule has 0 unspecified atom stereocenters. The molecule has 0 radical (unpaired) electrons. The average molecular weight is 392 g/mol. The Morgan fingerprint density at radius 1 is 1.10 bits per heavy atom. The van der Waals surface area contributed by atoms with Crippen LogP contribution in [0.3, 0.4) is 0 Å². The third kappa shape index (κ3) is 3.92. The Bertz CT molecular complexity index is 972. The molecule has 4 rings (SSSR count). The largest absolute Gasteiger partial charge is 0.381 e. The third-order valence-corrected chi connectivity index (χ3v) is 5.80. The predicted molar refractivity (Wildman–Crippen MR) is 115 cm³/mol. The molecule has 5 heteroatoms. The Hall–Kier alpha value is -2.66. The smallest absolute Gasteiger partial charge is 0.231 e. The molecule has 0 atom stereocenters. The number of carbonyl (C=O) groups is 1. The van der Waals surface area contributed by atoms with Gasteiger partial charge in [0.15, 0.2) is 0 Å². The number of fused-ring (bicyclic) bond motifs is 1. The van der Waals surface area contributed by atoms with Crippen LogP contribution >= 0.6 is 0 Å². The maximum atomic E-state index is 13.4. The number of ether oxygens (including phenoxy) is 1. The highest BCUT2D eigenvalue weighted by Gasteiger charge is 2.41. The topological polar surface area (TPSA) is 56.2 Å². The highest BCUT2D eigenvalue weighted by atomic mass is 16.5. The molecule has 2 aromatic carbocycles. The van der Waals surface area contributed by atoms with Crippen molar-refractivity contribution in [1.29, 1.82) is 0 Å². The standard InChI is InChI=1S/C24H29N3O2/c1-18(2)17-27-21-11-7-6-10-20(21)26-22(27)16-25-23(28)24(12-14-29-15-13-24)19-8-4-3-5-9-19/h3-11,18H,12-17H2,1-2H3,(H,25,28). The molecular formula is C24H29N3O2. The first-order chi connectivity index (χ1) is 14.1. The Morgan fingerprint density at radius 3 is 2.52 bits per heavy atom. The van der Waals surface area contributed by atoms with Crippen molar-refractivity contribution in [3.8, 4) is 0 Å². The molecule has 1 aliphatic rings. The van der Waals surface area contributed by atoms with Gasteiger partial charge in [0.05, 0.1) is 23.0 Å². The molecule has 1 N–H and O–H groups in total. The van der Waals surface area contributed by atoms with Crippen molar-refractivity contribution in [3.63, 3.8) is 0 Å². The number of aromatic nitrogens is 2. The third-order valence-electron chi connectivity index (χ3n) is 5.80. The van der Waals surface area contributed by atoms with Crippen LogP contribution in [0.4, 0.5) is 0 Å². The molecule has 5 nitrogen and oxygen atoms in total. The monoisotopic (exact) mass is 391 g/mol. The molecule has 0 spiro atoms. The number of para-hydroxylation sites is 2. The fourth-order valence-electron chi connectivity index (χ4n) is 4.28. The van der Waals surface area contributed by atoms with Gasteiger partial charge >= 0.3 is 0 Å². The van der Waals surface area contributed by atoms with Gasteiger partial charge < -0.3 is 14.6 Å². The minimum absolute atomic E-state index is 0.0650. The molecule has 3 aromatic rings. The van der Waals surface area contributed by atoms with Crippen molar-refractivity contribution < 1.29 is 9.53 Å². The molecule has 1 saturated heterocycles. The molecule has 0 aliphatic carbocycles. The van der Waals surface area contributed by atoms with E-state index in [-0.39, 0.29) is 5.91 Å². The number of hydrogen-bond acceptors (Lipinski definition) is 3. The van der Waals surface area contributed by atoms with Crippen LogP contribution in [-0.2, 0) is 28.0 Å². The highest BCUT2D eigenvalue weighted by molar-refractivity contribution is 5.88. The van der Waals surface area contributed by atoms with Crippen LogP contribution in [0.5, 0.6) is 0 Å². The van der Waals surface area contributed by atoms with E-state index in [0.29, 0.717) is 38.5 Å². The molecule has 29 heavy (non-hydrogen) atoms. The summed E-state index contributed by atoms with van der Waals surface area (Å²) in [6.45, 7) is 6.91. The van der Waals surface area contributed by atoms with Gasteiger partial charge in [-0.1, -0.05) is 56.3 Å². The molecule has 1 fully saturated rings. The van der Waals surface area contributed by atoms with E-state index in [2.05, 4.69) is 41.9 Å². The van der Waals surface area contributed by atoms with E-state index in [1.165, 1.54) is 0 Å². The Labute approximate surface area is 172 Å². The van der Waals surface area contributed by atoms with E-state index < -0.39 is 5.41 Å². The van der Waals surface area contributed by atoms with Crippen molar-refractivity contribution >= 4 is 16.9 Å². The van der Waals surface area contributed by atoms with Gasteiger partial charge in [0.25, 0.3) is 0 Å². The zero-order valence-corrected chi connectivity index (χ0v) is 17.2. The number of nitrogens with one attached hydrogen (secondary N) is 1. The summed E-state index contributed by atoms with van der Waals surface area (Å²) >= 11 is 0. The van der Waals surface area contributed by atoms with Crippen molar-refractivity contribution in [3.05, 3.63) is 66.0 Å². The number of imidazole rings is 1. The van der Waals surface area contributed by atoms with Gasteiger partial charge in [-0.3, -0.25) is 4.79 Å². The van der Waals surface area contributed by atoms with Crippen LogP contribution in [0.15, 0.2) is 54.6 Å². The van der Waals surface area contributed by atoms with Gasteiger partial charge in [0.2, 0.25) is 5.91 Å². The summed E-state index contributed by atoms with van der Waals surface area (Å²) in [5, 5.41) is 3.20. The first-order valence-electron chi connectivity index (χ1n) is 10.5. The number of benzene rings is 2. The van der Waals surface area contributed by atoms with Crippen molar-refractivity contribution in [1.82, 2.24) is 14.9 Å². The maximum absolute atomic E-state index is 13.4. The molecule has 1 amide bonds. The molecule has 152 valence electrons. The minimum atomic E-state index is -0.533. The number of nitrogens with zero attached hydrogens (tertiary/aromatic N) is 2. The lowest BCUT2D eigenvalue weighted by molar-refractivity contribution is -0.130. The van der Waals surface area contributed by atoms with Crippen LogP contribution in [0, 0.1) is 5.92 Å². The van der Waals surface area contributed by atoms with Crippen LogP contribution in [0.25, 0.3) is 11.0 Å². The zero-order chi connectivity index (χ0) is 20.3. The molecule has 1 aromatic heterocycles. The van der Waals surface area contributed by atoms with Gasteiger partial charge in [0, 0.05) is 19.8 Å². The predicted octanol–water partition coefficient (Wildman–Crippen LogP) is 4.06. The lowest BCUT2D eigenvalue weighted by Crippen LogP contribution is -2.48. The quantitative estimate of drug-likeness (QED) is 0.689. The van der Waals surface area contributed by atoms with E-state index in [1.807, 2.05) is 36.4 Å². The van der Waals surface area contributed by atoms with E-state index >= 15 is 0 Å². The van der Waals surface area contributed by atoms with E-state index in [0.717, 1.165) is 29.0 Å². The fourth-order valence-corrected chi connectivity index (χ4v) is 4.28. The normalized spacial score (nSPS) is 16.2. The van der Waals surface area contributed by atoms with Gasteiger partial charge in [-0.15, -0.1) is 0 Å². The minimum Gasteiger partial charge on any atom is -0.381 e. The molecule has 2 heterocycles. The number of carbonyl (C=O) groups excluding carboxylic acids is 1. The highest BCUT2D eigenvalue weighted by Crippen LogP contribution is 2.35. The second kappa shape index (κ2) is 8.37. The van der Waals surface area contributed by atoms with E-state index in [1.54, 1.807) is 0 Å². The van der Waals surface area contributed by atoms with Crippen LogP contribution in [0.2, 0.25) is 0 Å². The number of rotatable bonds is 6. The summed E-state index contributed by atoms with van der Waals surface area (Å²) in [5.41, 5.74) is 2.63. The van der Waals surface area contributed by atoms with E-state index in [9.17, 15) is 4.79 Å². The first-order valence-corrected chi connectivity index (χ1v) is 10.5. The van der Waals surface area contributed by atoms with Gasteiger partial charge in [-0.2, -0.15) is 0 Å². The molecule has 1 aliphatic heterocycles. The Kier molecular flexibility index (Phi) is 5.67. The summed E-state index contributed by atoms with van der Waals surface area (Å²) in [6.07, 6.45) is 1.40. The maximum Gasteiger partial charge on any atom is 0.231 e. The first kappa shape index (κ1) is 19.6. The van der Waals surface area contributed by atoms with Crippen LogP contribution < -0.4 is 5.32 Å². The van der Waals surface area contributed by atoms with Crippen molar-refractivity contribution in [2.75, 3.05) is 13.2 Å². The average Bonchev–Trinajstić information content (AvgIpc) is 3.10. The van der Waals surface area contributed by atoms with Gasteiger partial charge in [-0.25, -0.2) is 4.98 Å². The second-order valence-corrected chi connectivity index (χ2v) is 8.26. The summed E-state index contributed by atoms with van der Waals surface area (Å²) in [6, 6.07) is 18.3. The van der Waals surface area contributed by atoms with Crippen molar-refractivity contribution in [2.45, 2.75) is 45.2 Å². The lowest BCUT2D eigenvalue weighted by Gasteiger charge is -2.36. The molecule has 0 saturated carbocycles. The fraction of sp³-hybridized carbons (Fsp3) is 0.417. The number of hydrogen-bond donors (Lipinski definition) is 1. The summed E-state index contributed by atoms with van der Waals surface area (Å²) < 4.78 is 7.80. The van der Waals surface area contributed by atoms with Gasteiger partial charge in [0.1, 0.15) is 5.82 Å². The molecule has 0 bridgehead atoms. The zero-order valence-electron chi connectivity index (χ0n) is 17.2. The van der Waals surface area contributed by atoms with Crippen molar-refractivity contribution in [2.24, 2.45) is 5.92 Å². The van der Waals surface area contributed by atoms with Gasteiger partial charge in [-0.05, 0) is 36.5 Å². The van der Waals surface area contributed by atoms with Crippen LogP contribution in [0.1, 0.15) is 38.1 Å². The second-order valence-electron chi connectivity index (χ2n) is 8.26. The Morgan fingerprint density at radius 2 is 1.79 bits per heavy atom. The SMILES string of the molecule is CC(C)Cn1c(CNC(=O)C2(c3ccccc3)CCOCC2)nc2ccccc21. The van der Waals surface area contributed by atoms with Crippen LogP contribution in [-0.4, -0.2) is 28.7 Å². The number of amides is 1. The van der Waals surface area contributed by atoms with E-state index in [4.69, 9.17) is 9.72 Å². The summed E-state index contributed by atoms with van der Waals surface area (Å²) in [7, 11) is 0.